The Morgan fingerprint density at radius 1 is 1.50 bits per heavy atom. The van der Waals surface area contributed by atoms with E-state index in [4.69, 9.17) is 11.6 Å². The normalized spacial score (nSPS) is 10.4. The van der Waals surface area contributed by atoms with E-state index in [2.05, 4.69) is 4.98 Å². The summed E-state index contributed by atoms with van der Waals surface area (Å²) < 4.78 is 0. The summed E-state index contributed by atoms with van der Waals surface area (Å²) in [6, 6.07) is 0. The van der Waals surface area contributed by atoms with Crippen LogP contribution in [0.25, 0.3) is 0 Å². The number of halogens is 1. The summed E-state index contributed by atoms with van der Waals surface area (Å²) in [6.07, 6.45) is 3.08. The molecule has 0 saturated heterocycles. The van der Waals surface area contributed by atoms with E-state index < -0.39 is 0 Å². The number of carbonyl (C=O) groups is 1. The molecular formula is C11H17ClN2OS. The Kier molecular flexibility index (Phi) is 5.77. The molecule has 3 nitrogen and oxygen atoms in total. The van der Waals surface area contributed by atoms with Crippen molar-refractivity contribution < 1.29 is 4.79 Å². The Hall–Kier alpha value is -0.610. The Balaban J connectivity index is 2.36. The molecule has 1 amide bonds. The second-order valence-corrected chi connectivity index (χ2v) is 5.17. The molecule has 5 heteroatoms. The highest BCUT2D eigenvalue weighted by Crippen LogP contribution is 2.10. The number of hydrogen-bond donors (Lipinski definition) is 0. The minimum atomic E-state index is 0.00947. The van der Waals surface area contributed by atoms with Crippen molar-refractivity contribution in [1.82, 2.24) is 9.88 Å². The van der Waals surface area contributed by atoms with Gasteiger partial charge in [0.05, 0.1) is 5.01 Å². The molecule has 0 bridgehead atoms. The number of hydrogen-bond acceptors (Lipinski definition) is 3. The van der Waals surface area contributed by atoms with Gasteiger partial charge < -0.3 is 4.90 Å². The third-order valence-corrected chi connectivity index (χ3v) is 3.35. The minimum Gasteiger partial charge on any atom is -0.340 e. The Morgan fingerprint density at radius 2 is 2.25 bits per heavy atom. The van der Waals surface area contributed by atoms with Crippen LogP contribution in [0.2, 0.25) is 0 Å². The quantitative estimate of drug-likeness (QED) is 0.582. The Bertz CT molecular complexity index is 340. The highest BCUT2D eigenvalue weighted by Gasteiger charge is 2.13. The first-order chi connectivity index (χ1) is 7.65. The maximum absolute atomic E-state index is 11.9. The molecule has 0 N–H and O–H groups in total. The summed E-state index contributed by atoms with van der Waals surface area (Å²) in [4.78, 5) is 17.8. The highest BCUT2D eigenvalue weighted by molar-refractivity contribution is 7.09. The third kappa shape index (κ3) is 4.10. The monoisotopic (exact) mass is 260 g/mol. The van der Waals surface area contributed by atoms with Gasteiger partial charge in [0.25, 0.3) is 5.91 Å². The van der Waals surface area contributed by atoms with E-state index in [1.165, 1.54) is 11.3 Å². The van der Waals surface area contributed by atoms with Gasteiger partial charge >= 0.3 is 0 Å². The number of aromatic nitrogens is 1. The van der Waals surface area contributed by atoms with Gasteiger partial charge in [-0.3, -0.25) is 4.79 Å². The van der Waals surface area contributed by atoms with Crippen molar-refractivity contribution >= 4 is 28.8 Å². The maximum atomic E-state index is 11.9. The lowest BCUT2D eigenvalue weighted by atomic mass is 10.2. The zero-order chi connectivity index (χ0) is 12.0. The summed E-state index contributed by atoms with van der Waals surface area (Å²) in [7, 11) is 1.82. The van der Waals surface area contributed by atoms with E-state index in [9.17, 15) is 4.79 Å². The predicted molar refractivity (Wildman–Crippen MR) is 68.4 cm³/mol. The van der Waals surface area contributed by atoms with Gasteiger partial charge in [0, 0.05) is 24.9 Å². The molecule has 0 unspecified atom stereocenters. The standard InChI is InChI=1S/C11H17ClN2OS/c1-9-13-10(8-16-9)11(15)14(2)7-5-3-4-6-12/h8H,3-7H2,1-2H3. The molecule has 0 spiro atoms. The summed E-state index contributed by atoms with van der Waals surface area (Å²) in [6.45, 7) is 2.67. The van der Waals surface area contributed by atoms with Crippen LogP contribution in [0, 0.1) is 6.92 Å². The minimum absolute atomic E-state index is 0.00947. The average Bonchev–Trinajstić information content (AvgIpc) is 2.70. The van der Waals surface area contributed by atoms with Crippen LogP contribution in [0.3, 0.4) is 0 Å². The fraction of sp³-hybridized carbons (Fsp3) is 0.636. The molecule has 0 saturated carbocycles. The number of nitrogens with zero attached hydrogens (tertiary/aromatic N) is 2. The lowest BCUT2D eigenvalue weighted by Gasteiger charge is -2.15. The van der Waals surface area contributed by atoms with Crippen LogP contribution in [0.5, 0.6) is 0 Å². The molecular weight excluding hydrogens is 244 g/mol. The first kappa shape index (κ1) is 13.5. The second kappa shape index (κ2) is 6.86. The van der Waals surface area contributed by atoms with Crippen LogP contribution in [-0.2, 0) is 0 Å². The molecule has 0 aliphatic carbocycles. The van der Waals surface area contributed by atoms with Crippen LogP contribution in [0.1, 0.15) is 34.8 Å². The maximum Gasteiger partial charge on any atom is 0.273 e. The predicted octanol–water partition coefficient (Wildman–Crippen LogP) is 2.93. The first-order valence-corrected chi connectivity index (χ1v) is 6.80. The zero-order valence-corrected chi connectivity index (χ0v) is 11.3. The summed E-state index contributed by atoms with van der Waals surface area (Å²) in [5.41, 5.74) is 0.558. The summed E-state index contributed by atoms with van der Waals surface area (Å²) in [5, 5.41) is 2.74. The number of aryl methyl sites for hydroxylation is 1. The van der Waals surface area contributed by atoms with Gasteiger partial charge in [-0.05, 0) is 19.8 Å². The van der Waals surface area contributed by atoms with E-state index in [1.807, 2.05) is 19.4 Å². The highest BCUT2D eigenvalue weighted by atomic mass is 35.5. The lowest BCUT2D eigenvalue weighted by Crippen LogP contribution is -2.28. The van der Waals surface area contributed by atoms with Crippen molar-refractivity contribution in [1.29, 1.82) is 0 Å². The molecule has 0 radical (unpaired) electrons. The molecule has 0 atom stereocenters. The van der Waals surface area contributed by atoms with Crippen molar-refractivity contribution in [3.8, 4) is 0 Å². The smallest absolute Gasteiger partial charge is 0.273 e. The van der Waals surface area contributed by atoms with Crippen molar-refractivity contribution in [2.75, 3.05) is 19.5 Å². The van der Waals surface area contributed by atoms with Gasteiger partial charge in [-0.1, -0.05) is 6.42 Å². The number of carbonyl (C=O) groups excluding carboxylic acids is 1. The topological polar surface area (TPSA) is 33.2 Å². The average molecular weight is 261 g/mol. The van der Waals surface area contributed by atoms with Crippen molar-refractivity contribution in [3.05, 3.63) is 16.1 Å². The van der Waals surface area contributed by atoms with E-state index >= 15 is 0 Å². The van der Waals surface area contributed by atoms with Crippen molar-refractivity contribution in [3.63, 3.8) is 0 Å². The molecule has 1 heterocycles. The number of rotatable bonds is 6. The lowest BCUT2D eigenvalue weighted by molar-refractivity contribution is 0.0787. The molecule has 90 valence electrons. The van der Waals surface area contributed by atoms with Gasteiger partial charge in [0.2, 0.25) is 0 Å². The molecule has 1 aromatic rings. The van der Waals surface area contributed by atoms with Crippen LogP contribution in [0.15, 0.2) is 5.38 Å². The van der Waals surface area contributed by atoms with Gasteiger partial charge in [0.1, 0.15) is 5.69 Å². The Morgan fingerprint density at radius 3 is 2.81 bits per heavy atom. The third-order valence-electron chi connectivity index (χ3n) is 2.31. The number of unbranched alkanes of at least 4 members (excludes halogenated alkanes) is 2. The van der Waals surface area contributed by atoms with Gasteiger partial charge in [0.15, 0.2) is 0 Å². The van der Waals surface area contributed by atoms with Crippen LogP contribution < -0.4 is 0 Å². The van der Waals surface area contributed by atoms with E-state index in [0.29, 0.717) is 11.6 Å². The first-order valence-electron chi connectivity index (χ1n) is 5.38. The van der Waals surface area contributed by atoms with Crippen LogP contribution >= 0.6 is 22.9 Å². The largest absolute Gasteiger partial charge is 0.340 e. The van der Waals surface area contributed by atoms with Crippen molar-refractivity contribution in [2.45, 2.75) is 26.2 Å². The number of amides is 1. The van der Waals surface area contributed by atoms with Gasteiger partial charge in [-0.25, -0.2) is 4.98 Å². The zero-order valence-electron chi connectivity index (χ0n) is 9.70. The fourth-order valence-electron chi connectivity index (χ4n) is 1.38. The number of thiazole rings is 1. The van der Waals surface area contributed by atoms with E-state index in [-0.39, 0.29) is 5.91 Å². The van der Waals surface area contributed by atoms with Crippen molar-refractivity contribution in [2.24, 2.45) is 0 Å². The molecule has 0 aromatic carbocycles. The Labute approximate surface area is 105 Å². The van der Waals surface area contributed by atoms with Crippen LogP contribution in [-0.4, -0.2) is 35.3 Å². The van der Waals surface area contributed by atoms with Gasteiger partial charge in [-0.2, -0.15) is 0 Å². The van der Waals surface area contributed by atoms with E-state index in [1.54, 1.807) is 4.90 Å². The molecule has 0 aliphatic rings. The molecule has 16 heavy (non-hydrogen) atoms. The molecule has 0 fully saturated rings. The molecule has 1 aromatic heterocycles. The number of alkyl halides is 1. The second-order valence-electron chi connectivity index (χ2n) is 3.73. The molecule has 1 rings (SSSR count). The molecule has 0 aliphatic heterocycles. The fourth-order valence-corrected chi connectivity index (χ4v) is 2.15. The SMILES string of the molecule is Cc1nc(C(=O)N(C)CCCCCCl)cs1. The van der Waals surface area contributed by atoms with E-state index in [0.717, 1.165) is 30.8 Å². The van der Waals surface area contributed by atoms with Gasteiger partial charge in [-0.15, -0.1) is 22.9 Å². The summed E-state index contributed by atoms with van der Waals surface area (Å²) >= 11 is 7.09. The summed E-state index contributed by atoms with van der Waals surface area (Å²) in [5.74, 6) is 0.707. The van der Waals surface area contributed by atoms with Crippen LogP contribution in [0.4, 0.5) is 0 Å².